The molecule has 0 unspecified atom stereocenters. The van der Waals surface area contributed by atoms with Gasteiger partial charge in [-0.25, -0.2) is 9.98 Å². The lowest BCUT2D eigenvalue weighted by atomic mass is 10.1. The molecule has 0 spiro atoms. The Morgan fingerprint density at radius 1 is 1.24 bits per heavy atom. The Labute approximate surface area is 169 Å². The van der Waals surface area contributed by atoms with Crippen LogP contribution in [-0.2, 0) is 0 Å². The summed E-state index contributed by atoms with van der Waals surface area (Å²) in [6.07, 6.45) is 0.0553. The number of aliphatic imine (C=N–C) groups is 1. The maximum atomic E-state index is 11.3. The number of aromatic nitrogens is 2. The molecule has 5 rings (SSSR count). The molecule has 1 aromatic heterocycles. The van der Waals surface area contributed by atoms with Crippen LogP contribution in [0.2, 0.25) is 5.02 Å². The van der Waals surface area contributed by atoms with Crippen LogP contribution in [0.1, 0.15) is 18.2 Å². The minimum absolute atomic E-state index is 0.0896. The van der Waals surface area contributed by atoms with E-state index in [0.717, 1.165) is 6.42 Å². The molecule has 3 N–H and O–H groups in total. The molecule has 0 fully saturated rings. The molecule has 3 aromatic rings. The highest BCUT2D eigenvalue weighted by Crippen LogP contribution is 2.40. The second-order valence-electron chi connectivity index (χ2n) is 6.62. The summed E-state index contributed by atoms with van der Waals surface area (Å²) in [4.78, 5) is 19.8. The van der Waals surface area contributed by atoms with Gasteiger partial charge in [-0.15, -0.1) is 0 Å². The van der Waals surface area contributed by atoms with E-state index in [2.05, 4.69) is 15.3 Å². The van der Waals surface area contributed by atoms with Crippen molar-refractivity contribution in [2.75, 3.05) is 18.5 Å². The Morgan fingerprint density at radius 2 is 2.00 bits per heavy atom. The highest BCUT2D eigenvalue weighted by Gasteiger charge is 2.29. The van der Waals surface area contributed by atoms with Gasteiger partial charge in [0.1, 0.15) is 0 Å². The largest absolute Gasteiger partial charge is 0.489 e. The van der Waals surface area contributed by atoms with Crippen molar-refractivity contribution < 1.29 is 14.4 Å². The molecule has 29 heavy (non-hydrogen) atoms. The number of guanidine groups is 1. The molecule has 10 nitrogen and oxygen atoms in total. The van der Waals surface area contributed by atoms with Gasteiger partial charge in [-0.3, -0.25) is 20.0 Å². The quantitative estimate of drug-likeness (QED) is 0.486. The molecule has 0 saturated carbocycles. The lowest BCUT2D eigenvalue weighted by Gasteiger charge is -2.24. The zero-order chi connectivity index (χ0) is 20.1. The summed E-state index contributed by atoms with van der Waals surface area (Å²) in [5, 5.41) is 14.5. The summed E-state index contributed by atoms with van der Waals surface area (Å²) in [6, 6.07) is 7.84. The Bertz CT molecular complexity index is 1190. The van der Waals surface area contributed by atoms with Gasteiger partial charge in [0.05, 0.1) is 29.2 Å². The smallest absolute Gasteiger partial charge is 0.269 e. The Kier molecular flexibility index (Phi) is 3.95. The fourth-order valence-electron chi connectivity index (χ4n) is 3.48. The Balaban J connectivity index is 1.72. The van der Waals surface area contributed by atoms with Gasteiger partial charge in [-0.05, 0) is 6.07 Å². The zero-order valence-corrected chi connectivity index (χ0v) is 15.7. The van der Waals surface area contributed by atoms with Crippen molar-refractivity contribution in [2.45, 2.75) is 12.6 Å². The molecule has 0 radical (unpaired) electrons. The van der Waals surface area contributed by atoms with E-state index in [9.17, 15) is 10.1 Å². The van der Waals surface area contributed by atoms with E-state index in [1.807, 2.05) is 6.07 Å². The average Bonchev–Trinajstić information content (AvgIpc) is 2.87. The van der Waals surface area contributed by atoms with Gasteiger partial charge < -0.3 is 15.2 Å². The third kappa shape index (κ3) is 2.88. The first-order valence-electron chi connectivity index (χ1n) is 8.87. The number of hydrogen-bond acceptors (Lipinski definition) is 8. The summed E-state index contributed by atoms with van der Waals surface area (Å²) < 4.78 is 13.3. The number of hydrogen-bond donors (Lipinski definition) is 2. The third-order valence-corrected chi connectivity index (χ3v) is 5.12. The van der Waals surface area contributed by atoms with Gasteiger partial charge in [0.25, 0.3) is 5.69 Å². The molecule has 3 heterocycles. The molecule has 2 aromatic carbocycles. The highest BCUT2D eigenvalue weighted by atomic mass is 35.5. The van der Waals surface area contributed by atoms with Crippen molar-refractivity contribution >= 4 is 40.2 Å². The van der Waals surface area contributed by atoms with E-state index >= 15 is 0 Å². The lowest BCUT2D eigenvalue weighted by molar-refractivity contribution is -0.384. The van der Waals surface area contributed by atoms with Crippen molar-refractivity contribution in [1.29, 1.82) is 0 Å². The van der Waals surface area contributed by atoms with Gasteiger partial charge >= 0.3 is 0 Å². The van der Waals surface area contributed by atoms with Crippen LogP contribution in [0.3, 0.4) is 0 Å². The van der Waals surface area contributed by atoms with Gasteiger partial charge in [0.2, 0.25) is 5.95 Å². The zero-order valence-electron chi connectivity index (χ0n) is 15.0. The van der Waals surface area contributed by atoms with Gasteiger partial charge in [0, 0.05) is 41.3 Å². The van der Waals surface area contributed by atoms with E-state index in [1.54, 1.807) is 10.6 Å². The van der Waals surface area contributed by atoms with E-state index < -0.39 is 11.1 Å². The average molecular weight is 415 g/mol. The Morgan fingerprint density at radius 3 is 2.76 bits per heavy atom. The van der Waals surface area contributed by atoms with Crippen LogP contribution >= 0.6 is 11.6 Å². The number of nitrogens with zero attached hydrogens (tertiary/aromatic N) is 4. The van der Waals surface area contributed by atoms with Crippen molar-refractivity contribution in [3.8, 4) is 11.5 Å². The van der Waals surface area contributed by atoms with Crippen LogP contribution in [0, 0.1) is 10.1 Å². The van der Waals surface area contributed by atoms with Gasteiger partial charge in [0.15, 0.2) is 23.6 Å². The number of nitro groups is 1. The van der Waals surface area contributed by atoms with Crippen LogP contribution in [0.25, 0.3) is 11.0 Å². The van der Waals surface area contributed by atoms with Crippen LogP contribution in [0.5, 0.6) is 11.5 Å². The second kappa shape index (κ2) is 6.52. The molecule has 148 valence electrons. The normalized spacial score (nSPS) is 17.8. The number of nitrogens with two attached hydrogens (primary N) is 1. The van der Waals surface area contributed by atoms with Crippen LogP contribution < -0.4 is 20.5 Å². The lowest BCUT2D eigenvalue weighted by Crippen LogP contribution is -2.31. The number of nitrogens with one attached hydrogen (secondary N) is 1. The maximum absolute atomic E-state index is 11.3. The molecule has 0 saturated heterocycles. The maximum Gasteiger partial charge on any atom is 0.269 e. The molecule has 0 aliphatic carbocycles. The summed E-state index contributed by atoms with van der Waals surface area (Å²) >= 11 is 6.37. The minimum Gasteiger partial charge on any atom is -0.489 e. The Hall–Kier alpha value is -3.53. The summed E-state index contributed by atoms with van der Waals surface area (Å²) in [5.74, 6) is 1.79. The van der Waals surface area contributed by atoms with Crippen molar-refractivity contribution in [3.63, 3.8) is 0 Å². The van der Waals surface area contributed by atoms with Crippen molar-refractivity contribution in [2.24, 2.45) is 10.7 Å². The predicted octanol–water partition coefficient (Wildman–Crippen LogP) is 3.05. The van der Waals surface area contributed by atoms with Crippen LogP contribution in [0.4, 0.5) is 11.6 Å². The first-order valence-corrected chi connectivity index (χ1v) is 9.25. The monoisotopic (exact) mass is 414 g/mol. The number of nitro benzene ring substituents is 1. The first-order chi connectivity index (χ1) is 14.0. The molecule has 1 atom stereocenters. The second-order valence-corrected chi connectivity index (χ2v) is 7.03. The van der Waals surface area contributed by atoms with Crippen molar-refractivity contribution in [3.05, 3.63) is 51.0 Å². The number of rotatable bonds is 2. The number of ether oxygens (including phenoxy) is 2. The number of non-ortho nitro benzene ring substituents is 1. The molecule has 11 heteroatoms. The van der Waals surface area contributed by atoms with E-state index in [-0.39, 0.29) is 11.6 Å². The fraction of sp³-hybridized carbons (Fsp3) is 0.222. The standard InChI is InChI=1S/C18H15ClN6O4/c19-11-3-2-9(25(26)27)6-10(11)16-22-17(20)23-18-21-12-7-14-15(8-13(12)24(16)18)29-5-1-4-28-14/h2-3,6-8,16H,1,4-5H2,(H3,20,21,22,23)/t16-/m1/s1. The fourth-order valence-corrected chi connectivity index (χ4v) is 3.69. The molecule has 2 aliphatic heterocycles. The summed E-state index contributed by atoms with van der Waals surface area (Å²) in [5.41, 5.74) is 7.66. The number of benzene rings is 2. The minimum atomic E-state index is -0.728. The molecular formula is C18H15ClN6O4. The van der Waals surface area contributed by atoms with Crippen LogP contribution in [-0.4, -0.2) is 33.6 Å². The van der Waals surface area contributed by atoms with E-state index in [4.69, 9.17) is 26.8 Å². The van der Waals surface area contributed by atoms with Gasteiger partial charge in [-0.1, -0.05) is 11.6 Å². The molecule has 0 bridgehead atoms. The topological polar surface area (TPSA) is 130 Å². The number of imidazole rings is 1. The van der Waals surface area contributed by atoms with Crippen LogP contribution in [0.15, 0.2) is 35.3 Å². The predicted molar refractivity (Wildman–Crippen MR) is 107 cm³/mol. The number of anilines is 1. The third-order valence-electron chi connectivity index (χ3n) is 4.77. The number of halogens is 1. The van der Waals surface area contributed by atoms with E-state index in [1.165, 1.54) is 18.2 Å². The van der Waals surface area contributed by atoms with Crippen molar-refractivity contribution in [1.82, 2.24) is 9.55 Å². The molecule has 0 amide bonds. The SMILES string of the molecule is NC1=N[C@@H](c2cc([N+](=O)[O-])ccc2Cl)n2c(nc3cc4c(cc32)OCCCO4)N1. The van der Waals surface area contributed by atoms with E-state index in [0.29, 0.717) is 52.3 Å². The molecular weight excluding hydrogens is 400 g/mol. The summed E-state index contributed by atoms with van der Waals surface area (Å²) in [6.45, 7) is 1.11. The summed E-state index contributed by atoms with van der Waals surface area (Å²) in [7, 11) is 0. The molecule has 2 aliphatic rings. The highest BCUT2D eigenvalue weighted by molar-refractivity contribution is 6.31. The number of fused-ring (bicyclic) bond motifs is 4. The first kappa shape index (κ1) is 17.6. The van der Waals surface area contributed by atoms with Gasteiger partial charge in [-0.2, -0.15) is 0 Å².